The second kappa shape index (κ2) is 9.05. The van der Waals surface area contributed by atoms with Crippen LogP contribution in [0.15, 0.2) is 46.3 Å². The molecule has 2 aromatic heterocycles. The van der Waals surface area contributed by atoms with Gasteiger partial charge in [0.25, 0.3) is 5.91 Å². The van der Waals surface area contributed by atoms with Crippen molar-refractivity contribution < 1.29 is 23.6 Å². The lowest BCUT2D eigenvalue weighted by atomic mass is 10.1. The van der Waals surface area contributed by atoms with E-state index >= 15 is 0 Å². The first-order valence-electron chi connectivity index (χ1n) is 8.45. The Kier molecular flexibility index (Phi) is 6.28. The number of carbonyl (C=O) groups excluding carboxylic acids is 3. The molecule has 1 N–H and O–H groups in total. The fraction of sp³-hybridized carbons (Fsp3) is 0.211. The van der Waals surface area contributed by atoms with Crippen molar-refractivity contribution in [2.45, 2.75) is 19.8 Å². The molecule has 0 atom stereocenters. The van der Waals surface area contributed by atoms with Crippen molar-refractivity contribution in [3.63, 3.8) is 0 Å². The summed E-state index contributed by atoms with van der Waals surface area (Å²) in [6, 6.07) is 10.4. The van der Waals surface area contributed by atoms with Crippen molar-refractivity contribution in [1.29, 1.82) is 0 Å². The molecule has 3 rings (SSSR count). The van der Waals surface area contributed by atoms with Gasteiger partial charge in [-0.15, -0.1) is 11.3 Å². The summed E-state index contributed by atoms with van der Waals surface area (Å²) in [4.78, 5) is 40.4. The molecular formula is C19H17N3O5S. The number of para-hydroxylation sites is 1. The number of anilines is 1. The molecule has 28 heavy (non-hydrogen) atoms. The van der Waals surface area contributed by atoms with E-state index in [9.17, 15) is 14.4 Å². The van der Waals surface area contributed by atoms with Crippen LogP contribution in [-0.2, 0) is 20.7 Å². The van der Waals surface area contributed by atoms with Gasteiger partial charge in [-0.25, -0.2) is 0 Å². The zero-order valence-corrected chi connectivity index (χ0v) is 15.8. The highest BCUT2D eigenvalue weighted by Gasteiger charge is 2.14. The first-order chi connectivity index (χ1) is 13.5. The molecule has 2 heterocycles. The Morgan fingerprint density at radius 2 is 2.00 bits per heavy atom. The Morgan fingerprint density at radius 3 is 2.75 bits per heavy atom. The monoisotopic (exact) mass is 399 g/mol. The molecule has 144 valence electrons. The summed E-state index contributed by atoms with van der Waals surface area (Å²) in [6.45, 7) is 0.960. The Bertz CT molecular complexity index is 981. The van der Waals surface area contributed by atoms with Crippen LogP contribution in [0, 0.1) is 0 Å². The summed E-state index contributed by atoms with van der Waals surface area (Å²) in [5.41, 5.74) is 0.767. The third kappa shape index (κ3) is 5.10. The van der Waals surface area contributed by atoms with E-state index in [0.29, 0.717) is 23.0 Å². The van der Waals surface area contributed by atoms with Crippen LogP contribution in [0.5, 0.6) is 0 Å². The number of hydrogen-bond acceptors (Lipinski definition) is 8. The van der Waals surface area contributed by atoms with Crippen LogP contribution < -0.4 is 5.32 Å². The number of aryl methyl sites for hydroxylation is 1. The first-order valence-corrected chi connectivity index (χ1v) is 9.33. The van der Waals surface area contributed by atoms with Crippen LogP contribution >= 0.6 is 11.3 Å². The van der Waals surface area contributed by atoms with E-state index in [0.717, 1.165) is 4.88 Å². The SMILES string of the molecule is CC(=O)c1ccccc1NC(=O)COC(=O)CCc1nc(-c2cccs2)no1. The van der Waals surface area contributed by atoms with Gasteiger partial charge >= 0.3 is 5.97 Å². The summed E-state index contributed by atoms with van der Waals surface area (Å²) in [6.07, 6.45) is 0.218. The number of hydrogen-bond donors (Lipinski definition) is 1. The van der Waals surface area contributed by atoms with E-state index < -0.39 is 18.5 Å². The van der Waals surface area contributed by atoms with E-state index in [4.69, 9.17) is 9.26 Å². The number of Topliss-reactive ketones (excluding diaryl/α,β-unsaturated/α-hetero) is 1. The summed E-state index contributed by atoms with van der Waals surface area (Å²) < 4.78 is 10.1. The fourth-order valence-corrected chi connectivity index (χ4v) is 3.02. The van der Waals surface area contributed by atoms with Crippen LogP contribution in [0.3, 0.4) is 0 Å². The largest absolute Gasteiger partial charge is 0.456 e. The Hall–Kier alpha value is -3.33. The van der Waals surface area contributed by atoms with Crippen LogP contribution in [0.4, 0.5) is 5.69 Å². The van der Waals surface area contributed by atoms with Crippen molar-refractivity contribution in [1.82, 2.24) is 10.1 Å². The molecule has 0 spiro atoms. The molecule has 0 aliphatic heterocycles. The van der Waals surface area contributed by atoms with Crippen molar-refractivity contribution in [2.24, 2.45) is 0 Å². The van der Waals surface area contributed by atoms with Gasteiger partial charge in [0, 0.05) is 12.0 Å². The maximum absolute atomic E-state index is 12.0. The van der Waals surface area contributed by atoms with Crippen LogP contribution in [0.2, 0.25) is 0 Å². The fourth-order valence-electron chi connectivity index (χ4n) is 2.37. The van der Waals surface area contributed by atoms with Gasteiger partial charge in [-0.05, 0) is 30.5 Å². The number of amides is 1. The van der Waals surface area contributed by atoms with E-state index in [1.54, 1.807) is 24.3 Å². The van der Waals surface area contributed by atoms with Gasteiger partial charge in [0.2, 0.25) is 11.7 Å². The zero-order valence-electron chi connectivity index (χ0n) is 15.0. The molecule has 0 aliphatic carbocycles. The van der Waals surface area contributed by atoms with Crippen molar-refractivity contribution >= 4 is 34.7 Å². The number of thiophene rings is 1. The topological polar surface area (TPSA) is 111 Å². The maximum atomic E-state index is 12.0. The summed E-state index contributed by atoms with van der Waals surface area (Å²) in [7, 11) is 0. The third-order valence-electron chi connectivity index (χ3n) is 3.70. The van der Waals surface area contributed by atoms with Gasteiger partial charge in [0.15, 0.2) is 12.4 Å². The number of esters is 1. The lowest BCUT2D eigenvalue weighted by molar-refractivity contribution is -0.147. The molecule has 0 bridgehead atoms. The number of nitrogens with one attached hydrogen (secondary N) is 1. The van der Waals surface area contributed by atoms with Gasteiger partial charge in [-0.3, -0.25) is 14.4 Å². The molecule has 0 unspecified atom stereocenters. The van der Waals surface area contributed by atoms with Crippen molar-refractivity contribution in [3.8, 4) is 10.7 Å². The highest BCUT2D eigenvalue weighted by atomic mass is 32.1. The van der Waals surface area contributed by atoms with E-state index in [2.05, 4.69) is 15.5 Å². The smallest absolute Gasteiger partial charge is 0.306 e. The number of aromatic nitrogens is 2. The van der Waals surface area contributed by atoms with E-state index in [1.807, 2.05) is 17.5 Å². The predicted molar refractivity (Wildman–Crippen MR) is 102 cm³/mol. The molecule has 1 aromatic carbocycles. The second-order valence-corrected chi connectivity index (χ2v) is 6.75. The minimum Gasteiger partial charge on any atom is -0.456 e. The normalized spacial score (nSPS) is 10.5. The average molecular weight is 399 g/mol. The Balaban J connectivity index is 1.44. The second-order valence-electron chi connectivity index (χ2n) is 5.80. The molecule has 9 heteroatoms. The highest BCUT2D eigenvalue weighted by Crippen LogP contribution is 2.21. The lowest BCUT2D eigenvalue weighted by Crippen LogP contribution is -2.22. The molecular weight excluding hydrogens is 382 g/mol. The maximum Gasteiger partial charge on any atom is 0.306 e. The van der Waals surface area contributed by atoms with E-state index in [1.165, 1.54) is 18.3 Å². The minimum absolute atomic E-state index is 0.00336. The van der Waals surface area contributed by atoms with Crippen LogP contribution in [0.25, 0.3) is 10.7 Å². The average Bonchev–Trinajstić information content (AvgIpc) is 3.36. The number of ether oxygens (including phenoxy) is 1. The molecule has 8 nitrogen and oxygen atoms in total. The van der Waals surface area contributed by atoms with Gasteiger partial charge in [-0.1, -0.05) is 23.4 Å². The van der Waals surface area contributed by atoms with Gasteiger partial charge in [0.05, 0.1) is 17.0 Å². The quantitative estimate of drug-likeness (QED) is 0.457. The third-order valence-corrected chi connectivity index (χ3v) is 4.56. The van der Waals surface area contributed by atoms with Gasteiger partial charge < -0.3 is 14.6 Å². The standard InChI is InChI=1S/C19H17N3O5S/c1-12(23)13-5-2-3-6-14(13)20-16(24)11-26-18(25)9-8-17-21-19(22-27-17)15-7-4-10-28-15/h2-7,10H,8-9,11H2,1H3,(H,20,24). The first kappa shape index (κ1) is 19.4. The Labute approximate surface area is 164 Å². The Morgan fingerprint density at radius 1 is 1.18 bits per heavy atom. The molecule has 0 fully saturated rings. The molecule has 0 aliphatic rings. The molecule has 1 amide bonds. The zero-order chi connectivity index (χ0) is 19.9. The predicted octanol–water partition coefficient (Wildman–Crippen LogP) is 3.12. The lowest BCUT2D eigenvalue weighted by Gasteiger charge is -2.09. The van der Waals surface area contributed by atoms with Gasteiger partial charge in [-0.2, -0.15) is 4.98 Å². The molecule has 3 aromatic rings. The minimum atomic E-state index is -0.564. The summed E-state index contributed by atoms with van der Waals surface area (Å²) in [5.74, 6) is -0.470. The summed E-state index contributed by atoms with van der Waals surface area (Å²) in [5, 5.41) is 8.33. The van der Waals surface area contributed by atoms with Crippen molar-refractivity contribution in [3.05, 3.63) is 53.2 Å². The molecule has 0 saturated heterocycles. The van der Waals surface area contributed by atoms with Gasteiger partial charge in [0.1, 0.15) is 0 Å². The summed E-state index contributed by atoms with van der Waals surface area (Å²) >= 11 is 1.49. The number of carbonyl (C=O) groups is 3. The van der Waals surface area contributed by atoms with Crippen molar-refractivity contribution in [2.75, 3.05) is 11.9 Å². The highest BCUT2D eigenvalue weighted by molar-refractivity contribution is 7.13. The van der Waals surface area contributed by atoms with Crippen LogP contribution in [-0.4, -0.2) is 34.4 Å². The number of benzene rings is 1. The van der Waals surface area contributed by atoms with Crippen LogP contribution in [0.1, 0.15) is 29.6 Å². The number of rotatable bonds is 8. The van der Waals surface area contributed by atoms with E-state index in [-0.39, 0.29) is 18.6 Å². The molecule has 0 radical (unpaired) electrons. The number of ketones is 1. The number of nitrogens with zero attached hydrogens (tertiary/aromatic N) is 2. The molecule has 0 saturated carbocycles.